The minimum Gasteiger partial charge on any atom is -0.456 e. The number of para-hydroxylation sites is 1. The summed E-state index contributed by atoms with van der Waals surface area (Å²) < 4.78 is 6.51. The van der Waals surface area contributed by atoms with Crippen LogP contribution in [0.3, 0.4) is 0 Å². The lowest BCUT2D eigenvalue weighted by molar-refractivity contribution is 0.620. The van der Waals surface area contributed by atoms with Crippen LogP contribution in [-0.2, 0) is 5.41 Å². The molecule has 0 radical (unpaired) electrons. The predicted octanol–water partition coefficient (Wildman–Crippen LogP) is 8.47. The third-order valence-electron chi connectivity index (χ3n) is 7.95. The van der Waals surface area contributed by atoms with E-state index in [1.807, 2.05) is 60.7 Å². The number of pyridine rings is 1. The standard InChI is InChI=1S/C35H24N4O/c1-35(2)29-23(24-18-19-25-22-13-6-7-17-28(22)40-31(25)30(24)35)14-10-15-26(29)33-37-32(21-11-4-3-5-12-21)38-34(39-33)27-16-8-9-20-36-27/h3-20H,1-2H3. The first-order valence-electron chi connectivity index (χ1n) is 13.4. The monoisotopic (exact) mass is 516 g/mol. The maximum Gasteiger partial charge on any atom is 0.182 e. The van der Waals surface area contributed by atoms with E-state index in [2.05, 4.69) is 61.3 Å². The Morgan fingerprint density at radius 3 is 2.12 bits per heavy atom. The van der Waals surface area contributed by atoms with E-state index in [0.29, 0.717) is 23.2 Å². The molecule has 3 heterocycles. The average molecular weight is 517 g/mol. The maximum absolute atomic E-state index is 6.51. The predicted molar refractivity (Wildman–Crippen MR) is 159 cm³/mol. The van der Waals surface area contributed by atoms with Gasteiger partial charge in [-0.1, -0.05) is 92.7 Å². The molecule has 0 saturated heterocycles. The third kappa shape index (κ3) is 3.27. The molecule has 0 saturated carbocycles. The van der Waals surface area contributed by atoms with E-state index >= 15 is 0 Å². The normalized spacial score (nSPS) is 13.4. The molecule has 3 aromatic heterocycles. The van der Waals surface area contributed by atoms with Gasteiger partial charge in [-0.2, -0.15) is 0 Å². The molecule has 5 nitrogen and oxygen atoms in total. The Balaban J connectivity index is 1.39. The molecule has 8 rings (SSSR count). The van der Waals surface area contributed by atoms with Crippen LogP contribution in [0.1, 0.15) is 25.0 Å². The van der Waals surface area contributed by atoms with Crippen LogP contribution in [0, 0.1) is 0 Å². The Morgan fingerprint density at radius 2 is 1.27 bits per heavy atom. The summed E-state index contributed by atoms with van der Waals surface area (Å²) in [5, 5.41) is 2.28. The third-order valence-corrected chi connectivity index (χ3v) is 7.95. The molecule has 0 bridgehead atoms. The molecule has 0 fully saturated rings. The molecule has 7 aromatic rings. The SMILES string of the molecule is CC1(C)c2c(-c3nc(-c4ccccc4)nc(-c4ccccn4)n3)cccc2-c2ccc3c(oc4ccccc43)c21. The van der Waals surface area contributed by atoms with Gasteiger partial charge in [0, 0.05) is 39.1 Å². The van der Waals surface area contributed by atoms with Gasteiger partial charge in [-0.3, -0.25) is 4.98 Å². The first-order valence-corrected chi connectivity index (χ1v) is 13.4. The van der Waals surface area contributed by atoms with Gasteiger partial charge in [0.1, 0.15) is 16.9 Å². The van der Waals surface area contributed by atoms with E-state index in [-0.39, 0.29) is 5.41 Å². The summed E-state index contributed by atoms with van der Waals surface area (Å²) >= 11 is 0. The van der Waals surface area contributed by atoms with Crippen molar-refractivity contribution in [3.8, 4) is 45.4 Å². The van der Waals surface area contributed by atoms with Crippen LogP contribution in [0.4, 0.5) is 0 Å². The number of hydrogen-bond acceptors (Lipinski definition) is 5. The van der Waals surface area contributed by atoms with E-state index in [0.717, 1.165) is 33.1 Å². The molecule has 0 aliphatic heterocycles. The van der Waals surface area contributed by atoms with Crippen molar-refractivity contribution < 1.29 is 4.42 Å². The average Bonchev–Trinajstić information content (AvgIpc) is 3.50. The van der Waals surface area contributed by atoms with Crippen LogP contribution in [-0.4, -0.2) is 19.9 Å². The summed E-state index contributed by atoms with van der Waals surface area (Å²) in [6, 6.07) is 34.9. The summed E-state index contributed by atoms with van der Waals surface area (Å²) in [6.07, 6.45) is 1.76. The fourth-order valence-corrected chi connectivity index (χ4v) is 6.22. The van der Waals surface area contributed by atoms with Gasteiger partial charge in [0.25, 0.3) is 0 Å². The highest BCUT2D eigenvalue weighted by Gasteiger charge is 2.41. The lowest BCUT2D eigenvalue weighted by Crippen LogP contribution is -2.17. The van der Waals surface area contributed by atoms with Gasteiger partial charge >= 0.3 is 0 Å². The molecule has 0 N–H and O–H groups in total. The molecule has 5 heteroatoms. The van der Waals surface area contributed by atoms with E-state index in [1.165, 1.54) is 22.3 Å². The summed E-state index contributed by atoms with van der Waals surface area (Å²) in [7, 11) is 0. The number of nitrogens with zero attached hydrogens (tertiary/aromatic N) is 4. The molecular formula is C35H24N4O. The van der Waals surface area contributed by atoms with Gasteiger partial charge in [-0.15, -0.1) is 0 Å². The van der Waals surface area contributed by atoms with E-state index in [9.17, 15) is 0 Å². The van der Waals surface area contributed by atoms with Crippen molar-refractivity contribution in [2.24, 2.45) is 0 Å². The highest BCUT2D eigenvalue weighted by molar-refractivity contribution is 6.09. The van der Waals surface area contributed by atoms with E-state index in [4.69, 9.17) is 19.4 Å². The highest BCUT2D eigenvalue weighted by Crippen LogP contribution is 2.55. The zero-order valence-electron chi connectivity index (χ0n) is 22.1. The summed E-state index contributed by atoms with van der Waals surface area (Å²) in [5.41, 5.74) is 8.89. The van der Waals surface area contributed by atoms with Gasteiger partial charge in [-0.25, -0.2) is 15.0 Å². The fraction of sp³-hybridized carbons (Fsp3) is 0.0857. The molecule has 4 aromatic carbocycles. The lowest BCUT2D eigenvalue weighted by atomic mass is 9.79. The first kappa shape index (κ1) is 22.8. The Labute approximate surface area is 231 Å². The Morgan fingerprint density at radius 1 is 0.550 bits per heavy atom. The second-order valence-electron chi connectivity index (χ2n) is 10.7. The summed E-state index contributed by atoms with van der Waals surface area (Å²) in [6.45, 7) is 4.54. The van der Waals surface area contributed by atoms with Crippen molar-refractivity contribution in [1.82, 2.24) is 19.9 Å². The van der Waals surface area contributed by atoms with Gasteiger partial charge in [0.05, 0.1) is 0 Å². The molecular weight excluding hydrogens is 492 g/mol. The largest absolute Gasteiger partial charge is 0.456 e. The minimum atomic E-state index is -0.348. The minimum absolute atomic E-state index is 0.348. The number of aromatic nitrogens is 4. The topological polar surface area (TPSA) is 64.7 Å². The second kappa shape index (κ2) is 8.42. The molecule has 0 spiro atoms. The molecule has 0 atom stereocenters. The van der Waals surface area contributed by atoms with Gasteiger partial charge in [-0.05, 0) is 41.0 Å². The Bertz CT molecular complexity index is 2020. The van der Waals surface area contributed by atoms with Gasteiger partial charge in [0.15, 0.2) is 17.5 Å². The smallest absolute Gasteiger partial charge is 0.182 e. The fourth-order valence-electron chi connectivity index (χ4n) is 6.22. The second-order valence-corrected chi connectivity index (χ2v) is 10.7. The summed E-state index contributed by atoms with van der Waals surface area (Å²) in [5.74, 6) is 1.81. The van der Waals surface area contributed by atoms with Crippen LogP contribution in [0.5, 0.6) is 0 Å². The number of furan rings is 1. The molecule has 190 valence electrons. The first-order chi connectivity index (χ1) is 19.6. The van der Waals surface area contributed by atoms with Crippen LogP contribution in [0.15, 0.2) is 114 Å². The van der Waals surface area contributed by atoms with Crippen molar-refractivity contribution in [2.45, 2.75) is 19.3 Å². The molecule has 0 amide bonds. The van der Waals surface area contributed by atoms with Crippen molar-refractivity contribution in [2.75, 3.05) is 0 Å². The van der Waals surface area contributed by atoms with Crippen molar-refractivity contribution in [3.63, 3.8) is 0 Å². The van der Waals surface area contributed by atoms with Gasteiger partial charge in [0.2, 0.25) is 0 Å². The van der Waals surface area contributed by atoms with Crippen molar-refractivity contribution in [1.29, 1.82) is 0 Å². The lowest BCUT2D eigenvalue weighted by Gasteiger charge is -2.24. The van der Waals surface area contributed by atoms with Crippen LogP contribution >= 0.6 is 0 Å². The maximum atomic E-state index is 6.51. The van der Waals surface area contributed by atoms with E-state index < -0.39 is 0 Å². The zero-order chi connectivity index (χ0) is 26.8. The number of hydrogen-bond donors (Lipinski definition) is 0. The van der Waals surface area contributed by atoms with Crippen molar-refractivity contribution >= 4 is 21.9 Å². The van der Waals surface area contributed by atoms with Crippen molar-refractivity contribution in [3.05, 3.63) is 120 Å². The highest BCUT2D eigenvalue weighted by atomic mass is 16.3. The number of benzene rings is 4. The number of fused-ring (bicyclic) bond motifs is 7. The Hall–Kier alpha value is -5.16. The van der Waals surface area contributed by atoms with Crippen LogP contribution in [0.25, 0.3) is 67.4 Å². The molecule has 1 aliphatic rings. The number of rotatable bonds is 3. The van der Waals surface area contributed by atoms with Gasteiger partial charge < -0.3 is 4.42 Å². The molecule has 1 aliphatic carbocycles. The Kier molecular flexibility index (Phi) is 4.80. The van der Waals surface area contributed by atoms with E-state index in [1.54, 1.807) is 6.20 Å². The molecule has 0 unspecified atom stereocenters. The zero-order valence-corrected chi connectivity index (χ0v) is 22.1. The van der Waals surface area contributed by atoms with Crippen LogP contribution < -0.4 is 0 Å². The quantitative estimate of drug-likeness (QED) is 0.236. The van der Waals surface area contributed by atoms with Crippen LogP contribution in [0.2, 0.25) is 0 Å². The molecule has 40 heavy (non-hydrogen) atoms. The summed E-state index contributed by atoms with van der Waals surface area (Å²) in [4.78, 5) is 19.4.